The monoisotopic (exact) mass is 353 g/mol. The lowest BCUT2D eigenvalue weighted by molar-refractivity contribution is -0.144. The second-order valence-electron chi connectivity index (χ2n) is 4.85. The van der Waals surface area contributed by atoms with Crippen LogP contribution in [0.1, 0.15) is 5.56 Å². The molecule has 21 heavy (non-hydrogen) atoms. The first-order chi connectivity index (χ1) is 10.0. The number of piperazine rings is 1. The minimum Gasteiger partial charge on any atom is -0.342 e. The third-order valence-electron chi connectivity index (χ3n) is 3.36. The highest BCUT2D eigenvalue weighted by atomic mass is 79.9. The lowest BCUT2D eigenvalue weighted by Crippen LogP contribution is -2.51. The van der Waals surface area contributed by atoms with Gasteiger partial charge in [-0.05, 0) is 30.7 Å². The van der Waals surface area contributed by atoms with Crippen LogP contribution in [0.25, 0.3) is 0 Å². The number of nitrogens with one attached hydrogen (secondary N) is 1. The van der Waals surface area contributed by atoms with E-state index in [-0.39, 0.29) is 0 Å². The standard InChI is InChI=1S/C14H16BrN3O3/c1-10-8-11(2-3-12(10)15)16-13(20)14(21)18-6-4-17(9-19)5-7-18/h2-3,8-9H,4-7H2,1H3,(H,16,20). The van der Waals surface area contributed by atoms with Crippen molar-refractivity contribution in [1.82, 2.24) is 9.80 Å². The van der Waals surface area contributed by atoms with Gasteiger partial charge in [0.25, 0.3) is 0 Å². The Morgan fingerprint density at radius 2 is 1.90 bits per heavy atom. The molecule has 0 aromatic heterocycles. The van der Waals surface area contributed by atoms with Crippen molar-refractivity contribution >= 4 is 39.8 Å². The van der Waals surface area contributed by atoms with Crippen LogP contribution >= 0.6 is 15.9 Å². The second kappa shape index (κ2) is 6.71. The van der Waals surface area contributed by atoms with E-state index in [1.54, 1.807) is 17.0 Å². The van der Waals surface area contributed by atoms with Crippen molar-refractivity contribution in [2.45, 2.75) is 6.92 Å². The Hall–Kier alpha value is -1.89. The average Bonchev–Trinajstić information content (AvgIpc) is 2.50. The van der Waals surface area contributed by atoms with E-state index in [1.807, 2.05) is 13.0 Å². The van der Waals surface area contributed by atoms with Gasteiger partial charge in [-0.25, -0.2) is 0 Å². The van der Waals surface area contributed by atoms with Gasteiger partial charge < -0.3 is 15.1 Å². The fourth-order valence-electron chi connectivity index (χ4n) is 2.08. The first-order valence-electron chi connectivity index (χ1n) is 6.57. The van der Waals surface area contributed by atoms with Crippen molar-refractivity contribution in [2.75, 3.05) is 31.5 Å². The van der Waals surface area contributed by atoms with Crippen LogP contribution < -0.4 is 5.32 Å². The number of benzene rings is 1. The topological polar surface area (TPSA) is 69.7 Å². The number of rotatable bonds is 2. The van der Waals surface area contributed by atoms with Crippen molar-refractivity contribution < 1.29 is 14.4 Å². The molecule has 1 aliphatic heterocycles. The smallest absolute Gasteiger partial charge is 0.313 e. The minimum atomic E-state index is -0.656. The van der Waals surface area contributed by atoms with Gasteiger partial charge in [-0.3, -0.25) is 14.4 Å². The van der Waals surface area contributed by atoms with E-state index in [0.29, 0.717) is 31.9 Å². The highest BCUT2D eigenvalue weighted by Crippen LogP contribution is 2.20. The van der Waals surface area contributed by atoms with E-state index in [4.69, 9.17) is 0 Å². The predicted molar refractivity (Wildman–Crippen MR) is 81.7 cm³/mol. The van der Waals surface area contributed by atoms with Crippen molar-refractivity contribution in [1.29, 1.82) is 0 Å². The average molecular weight is 354 g/mol. The van der Waals surface area contributed by atoms with Gasteiger partial charge in [-0.15, -0.1) is 0 Å². The lowest BCUT2D eigenvalue weighted by atomic mass is 10.2. The zero-order valence-corrected chi connectivity index (χ0v) is 13.2. The maximum Gasteiger partial charge on any atom is 0.313 e. The van der Waals surface area contributed by atoms with Crippen molar-refractivity contribution in [3.8, 4) is 0 Å². The van der Waals surface area contributed by atoms with E-state index in [0.717, 1.165) is 16.4 Å². The van der Waals surface area contributed by atoms with Crippen molar-refractivity contribution in [3.05, 3.63) is 28.2 Å². The fourth-order valence-corrected chi connectivity index (χ4v) is 2.33. The number of hydrogen-bond donors (Lipinski definition) is 1. The maximum absolute atomic E-state index is 12.0. The molecule has 0 atom stereocenters. The molecule has 3 amide bonds. The molecule has 1 aromatic carbocycles. The van der Waals surface area contributed by atoms with Crippen LogP contribution in [-0.4, -0.2) is 54.2 Å². The largest absolute Gasteiger partial charge is 0.342 e. The summed E-state index contributed by atoms with van der Waals surface area (Å²) in [5.74, 6) is -1.22. The Morgan fingerprint density at radius 1 is 1.24 bits per heavy atom. The van der Waals surface area contributed by atoms with Crippen LogP contribution in [0.3, 0.4) is 0 Å². The van der Waals surface area contributed by atoms with Gasteiger partial charge in [0.2, 0.25) is 6.41 Å². The molecule has 1 aliphatic rings. The maximum atomic E-state index is 12.0. The Kier molecular flexibility index (Phi) is 4.95. The summed E-state index contributed by atoms with van der Waals surface area (Å²) < 4.78 is 0.941. The number of anilines is 1. The zero-order valence-electron chi connectivity index (χ0n) is 11.6. The van der Waals surface area contributed by atoms with Crippen LogP contribution in [0.2, 0.25) is 0 Å². The van der Waals surface area contributed by atoms with Crippen molar-refractivity contribution in [2.24, 2.45) is 0 Å². The molecule has 7 heteroatoms. The molecule has 0 unspecified atom stereocenters. The van der Waals surface area contributed by atoms with Crippen LogP contribution in [0.15, 0.2) is 22.7 Å². The molecular formula is C14H16BrN3O3. The van der Waals surface area contributed by atoms with E-state index in [9.17, 15) is 14.4 Å². The summed E-state index contributed by atoms with van der Waals surface area (Å²) in [4.78, 5) is 37.7. The molecule has 0 saturated carbocycles. The van der Waals surface area contributed by atoms with Gasteiger partial charge in [0.1, 0.15) is 0 Å². The quantitative estimate of drug-likeness (QED) is 0.636. The molecule has 1 fully saturated rings. The third kappa shape index (κ3) is 3.81. The number of amides is 3. The van der Waals surface area contributed by atoms with Crippen LogP contribution in [-0.2, 0) is 14.4 Å². The Labute approximate surface area is 131 Å². The first-order valence-corrected chi connectivity index (χ1v) is 7.36. The lowest BCUT2D eigenvalue weighted by Gasteiger charge is -2.31. The number of aryl methyl sites for hydroxylation is 1. The molecule has 1 saturated heterocycles. The zero-order chi connectivity index (χ0) is 15.4. The molecule has 6 nitrogen and oxygen atoms in total. The molecule has 0 aliphatic carbocycles. The van der Waals surface area contributed by atoms with Crippen LogP contribution in [0, 0.1) is 6.92 Å². The molecule has 2 rings (SSSR count). The molecule has 0 radical (unpaired) electrons. The van der Waals surface area contributed by atoms with Gasteiger partial charge in [0.15, 0.2) is 0 Å². The van der Waals surface area contributed by atoms with E-state index in [2.05, 4.69) is 21.2 Å². The predicted octanol–water partition coefficient (Wildman–Crippen LogP) is 0.997. The van der Waals surface area contributed by atoms with Crippen molar-refractivity contribution in [3.63, 3.8) is 0 Å². The Balaban J connectivity index is 1.95. The van der Waals surface area contributed by atoms with E-state index < -0.39 is 11.8 Å². The van der Waals surface area contributed by atoms with E-state index in [1.165, 1.54) is 4.90 Å². The first kappa shape index (κ1) is 15.5. The minimum absolute atomic E-state index is 0.379. The van der Waals surface area contributed by atoms with Gasteiger partial charge in [0.05, 0.1) is 0 Å². The summed E-state index contributed by atoms with van der Waals surface area (Å²) in [7, 11) is 0. The second-order valence-corrected chi connectivity index (χ2v) is 5.71. The summed E-state index contributed by atoms with van der Waals surface area (Å²) in [6.45, 7) is 3.58. The van der Waals surface area contributed by atoms with Crippen LogP contribution in [0.4, 0.5) is 5.69 Å². The summed E-state index contributed by atoms with van der Waals surface area (Å²) in [6, 6.07) is 5.34. The molecule has 112 valence electrons. The number of hydrogen-bond acceptors (Lipinski definition) is 3. The highest BCUT2D eigenvalue weighted by molar-refractivity contribution is 9.10. The SMILES string of the molecule is Cc1cc(NC(=O)C(=O)N2CCN(C=O)CC2)ccc1Br. The van der Waals surface area contributed by atoms with Crippen LogP contribution in [0.5, 0.6) is 0 Å². The van der Waals surface area contributed by atoms with E-state index >= 15 is 0 Å². The summed E-state index contributed by atoms with van der Waals surface area (Å²) in [5.41, 5.74) is 1.56. The third-order valence-corrected chi connectivity index (χ3v) is 4.25. The summed E-state index contributed by atoms with van der Waals surface area (Å²) >= 11 is 3.38. The molecule has 0 bridgehead atoms. The fraction of sp³-hybridized carbons (Fsp3) is 0.357. The number of carbonyl (C=O) groups excluding carboxylic acids is 3. The Bertz CT molecular complexity index is 569. The molecular weight excluding hydrogens is 338 g/mol. The summed E-state index contributed by atoms with van der Waals surface area (Å²) in [6.07, 6.45) is 0.756. The van der Waals surface area contributed by atoms with Gasteiger partial charge >= 0.3 is 11.8 Å². The van der Waals surface area contributed by atoms with Gasteiger partial charge in [-0.2, -0.15) is 0 Å². The molecule has 1 heterocycles. The Morgan fingerprint density at radius 3 is 2.48 bits per heavy atom. The van der Waals surface area contributed by atoms with Gasteiger partial charge in [0, 0.05) is 36.3 Å². The molecule has 1 N–H and O–H groups in total. The number of carbonyl (C=O) groups is 3. The number of nitrogens with zero attached hydrogens (tertiary/aromatic N) is 2. The molecule has 0 spiro atoms. The normalized spacial score (nSPS) is 14.8. The summed E-state index contributed by atoms with van der Waals surface area (Å²) in [5, 5.41) is 2.60. The van der Waals surface area contributed by atoms with Gasteiger partial charge in [-0.1, -0.05) is 15.9 Å². The number of halogens is 1. The highest BCUT2D eigenvalue weighted by Gasteiger charge is 2.25. The molecule has 1 aromatic rings.